The highest BCUT2D eigenvalue weighted by Gasteiger charge is 2.15. The molecular weight excluding hydrogens is 284 g/mol. The maximum absolute atomic E-state index is 11.7. The Labute approximate surface area is 122 Å². The molecule has 1 unspecified atom stereocenters. The van der Waals surface area contributed by atoms with Crippen molar-refractivity contribution in [2.75, 3.05) is 18.6 Å². The van der Waals surface area contributed by atoms with Crippen LogP contribution in [-0.4, -0.2) is 41.4 Å². The molecular formula is C12H22N2O5S. The molecule has 0 aliphatic heterocycles. The molecule has 0 heterocycles. The third-order valence-corrected chi connectivity index (χ3v) is 3.33. The van der Waals surface area contributed by atoms with E-state index in [-0.39, 0.29) is 18.3 Å². The van der Waals surface area contributed by atoms with E-state index in [0.29, 0.717) is 32.1 Å². The van der Waals surface area contributed by atoms with E-state index >= 15 is 0 Å². The van der Waals surface area contributed by atoms with Crippen LogP contribution >= 0.6 is 11.8 Å². The van der Waals surface area contributed by atoms with Crippen molar-refractivity contribution >= 4 is 23.5 Å². The van der Waals surface area contributed by atoms with Crippen LogP contribution in [0.2, 0.25) is 0 Å². The molecule has 116 valence electrons. The molecule has 0 aromatic heterocycles. The van der Waals surface area contributed by atoms with Crippen molar-refractivity contribution in [3.05, 3.63) is 10.1 Å². The van der Waals surface area contributed by atoms with Gasteiger partial charge in [-0.1, -0.05) is 6.42 Å². The lowest BCUT2D eigenvalue weighted by Crippen LogP contribution is -2.40. The number of rotatable bonds is 12. The molecule has 1 amide bonds. The first-order valence-electron chi connectivity index (χ1n) is 6.53. The highest BCUT2D eigenvalue weighted by molar-refractivity contribution is 7.98. The van der Waals surface area contributed by atoms with E-state index in [9.17, 15) is 19.7 Å². The van der Waals surface area contributed by atoms with Crippen LogP contribution in [0.4, 0.5) is 0 Å². The number of carbonyl (C=O) groups excluding carboxylic acids is 2. The van der Waals surface area contributed by atoms with E-state index in [1.165, 1.54) is 6.92 Å². The molecule has 0 saturated heterocycles. The lowest BCUT2D eigenvalue weighted by Gasteiger charge is -2.15. The number of ketones is 1. The average Bonchev–Trinajstić information content (AvgIpc) is 2.37. The summed E-state index contributed by atoms with van der Waals surface area (Å²) in [6.45, 7) is 1.53. The van der Waals surface area contributed by atoms with E-state index in [0.717, 1.165) is 5.75 Å². The summed E-state index contributed by atoms with van der Waals surface area (Å²) in [6.07, 6.45) is 4.75. The van der Waals surface area contributed by atoms with Crippen LogP contribution in [0.15, 0.2) is 0 Å². The van der Waals surface area contributed by atoms with Crippen molar-refractivity contribution in [1.82, 2.24) is 5.32 Å². The number of thioether (sulfide) groups is 1. The minimum Gasteiger partial charge on any atom is -0.346 e. The first kappa shape index (κ1) is 18.7. The fourth-order valence-electron chi connectivity index (χ4n) is 1.58. The van der Waals surface area contributed by atoms with Gasteiger partial charge in [0.25, 0.3) is 5.09 Å². The number of hydrogen-bond donors (Lipinski definition) is 1. The molecule has 0 saturated carbocycles. The Balaban J connectivity index is 3.74. The van der Waals surface area contributed by atoms with Crippen molar-refractivity contribution in [3.8, 4) is 0 Å². The number of Topliss-reactive ketones (excluding diaryl/α,β-unsaturated/α-hetero) is 1. The number of unbranched alkanes of at least 4 members (excludes halogenated alkanes) is 2. The van der Waals surface area contributed by atoms with Crippen LogP contribution in [0.3, 0.4) is 0 Å². The number of amides is 1. The molecule has 1 atom stereocenters. The standard InChI is InChI=1S/C12H22N2O5S/c1-10(15)11(7-9-20-2)13-12(16)6-4-3-5-8-19-14(17)18/h11H,3-9H2,1-2H3,(H,13,16). The zero-order chi connectivity index (χ0) is 15.4. The second-order valence-corrected chi connectivity index (χ2v) is 5.37. The summed E-state index contributed by atoms with van der Waals surface area (Å²) < 4.78 is 0. The Morgan fingerprint density at radius 3 is 2.60 bits per heavy atom. The lowest BCUT2D eigenvalue weighted by molar-refractivity contribution is -0.757. The molecule has 20 heavy (non-hydrogen) atoms. The van der Waals surface area contributed by atoms with Crippen LogP contribution < -0.4 is 5.32 Å². The summed E-state index contributed by atoms with van der Waals surface area (Å²) in [5.74, 6) is 0.635. The number of hydrogen-bond acceptors (Lipinski definition) is 6. The Hall–Kier alpha value is -1.31. The summed E-state index contributed by atoms with van der Waals surface area (Å²) >= 11 is 1.63. The second kappa shape index (κ2) is 11.5. The predicted molar refractivity (Wildman–Crippen MR) is 77.0 cm³/mol. The summed E-state index contributed by atoms with van der Waals surface area (Å²) in [5, 5.41) is 11.8. The second-order valence-electron chi connectivity index (χ2n) is 4.38. The number of nitrogens with zero attached hydrogens (tertiary/aromatic N) is 1. The van der Waals surface area contributed by atoms with Gasteiger partial charge in [0.15, 0.2) is 5.78 Å². The minimum absolute atomic E-state index is 0.0354. The molecule has 0 bridgehead atoms. The molecule has 0 radical (unpaired) electrons. The van der Waals surface area contributed by atoms with Gasteiger partial charge in [-0.15, -0.1) is 10.1 Å². The van der Waals surface area contributed by atoms with Gasteiger partial charge in [0.1, 0.15) is 0 Å². The third-order valence-electron chi connectivity index (χ3n) is 2.68. The molecule has 0 fully saturated rings. The average molecular weight is 306 g/mol. The lowest BCUT2D eigenvalue weighted by atomic mass is 10.1. The van der Waals surface area contributed by atoms with Crippen molar-refractivity contribution in [2.24, 2.45) is 0 Å². The Morgan fingerprint density at radius 1 is 1.35 bits per heavy atom. The van der Waals surface area contributed by atoms with Gasteiger partial charge in [0.05, 0.1) is 12.6 Å². The molecule has 0 aliphatic carbocycles. The van der Waals surface area contributed by atoms with Gasteiger partial charge in [-0.2, -0.15) is 11.8 Å². The topological polar surface area (TPSA) is 98.5 Å². The van der Waals surface area contributed by atoms with Crippen molar-refractivity contribution in [2.45, 2.75) is 45.1 Å². The van der Waals surface area contributed by atoms with E-state index in [2.05, 4.69) is 10.2 Å². The van der Waals surface area contributed by atoms with Crippen LogP contribution in [0, 0.1) is 10.1 Å². The monoisotopic (exact) mass is 306 g/mol. The van der Waals surface area contributed by atoms with Crippen molar-refractivity contribution in [3.63, 3.8) is 0 Å². The maximum Gasteiger partial charge on any atom is 0.294 e. The van der Waals surface area contributed by atoms with E-state index in [4.69, 9.17) is 0 Å². The first-order chi connectivity index (χ1) is 9.47. The van der Waals surface area contributed by atoms with E-state index in [1.54, 1.807) is 11.8 Å². The highest BCUT2D eigenvalue weighted by atomic mass is 32.2. The van der Waals surface area contributed by atoms with Gasteiger partial charge in [-0.05, 0) is 38.2 Å². The molecule has 7 nitrogen and oxygen atoms in total. The zero-order valence-electron chi connectivity index (χ0n) is 11.9. The summed E-state index contributed by atoms with van der Waals surface area (Å²) in [6, 6.07) is -0.409. The molecule has 0 aromatic rings. The molecule has 0 rings (SSSR count). The molecule has 1 N–H and O–H groups in total. The van der Waals surface area contributed by atoms with Gasteiger partial charge < -0.3 is 10.2 Å². The van der Waals surface area contributed by atoms with Gasteiger partial charge in [-0.25, -0.2) is 0 Å². The van der Waals surface area contributed by atoms with Crippen molar-refractivity contribution in [1.29, 1.82) is 0 Å². The summed E-state index contributed by atoms with van der Waals surface area (Å²) in [7, 11) is 0. The SMILES string of the molecule is CSCCC(NC(=O)CCCCCO[N+](=O)[O-])C(C)=O. The van der Waals surface area contributed by atoms with Crippen LogP contribution in [0.25, 0.3) is 0 Å². The van der Waals surface area contributed by atoms with E-state index < -0.39 is 11.1 Å². The van der Waals surface area contributed by atoms with Crippen molar-refractivity contribution < 1.29 is 19.5 Å². The first-order valence-corrected chi connectivity index (χ1v) is 7.92. The van der Waals surface area contributed by atoms with Gasteiger partial charge in [0, 0.05) is 6.42 Å². The number of nitrogens with one attached hydrogen (secondary N) is 1. The maximum atomic E-state index is 11.7. The predicted octanol–water partition coefficient (Wildman–Crippen LogP) is 1.58. The van der Waals surface area contributed by atoms with E-state index in [1.807, 2.05) is 6.26 Å². The summed E-state index contributed by atoms with van der Waals surface area (Å²) in [5.41, 5.74) is 0. The Morgan fingerprint density at radius 2 is 2.05 bits per heavy atom. The van der Waals surface area contributed by atoms with Gasteiger partial charge in [-0.3, -0.25) is 9.59 Å². The third kappa shape index (κ3) is 10.6. The Kier molecular flexibility index (Phi) is 10.8. The zero-order valence-corrected chi connectivity index (χ0v) is 12.7. The van der Waals surface area contributed by atoms with Crippen LogP contribution in [-0.2, 0) is 14.4 Å². The normalized spacial score (nSPS) is 11.7. The minimum atomic E-state index is -0.824. The highest BCUT2D eigenvalue weighted by Crippen LogP contribution is 2.04. The van der Waals surface area contributed by atoms with Crippen LogP contribution in [0.1, 0.15) is 39.0 Å². The Bertz CT molecular complexity index is 325. The smallest absolute Gasteiger partial charge is 0.294 e. The molecule has 0 aromatic carbocycles. The number of carbonyl (C=O) groups is 2. The fourth-order valence-corrected chi connectivity index (χ4v) is 2.05. The van der Waals surface area contributed by atoms with Gasteiger partial charge >= 0.3 is 0 Å². The molecule has 0 aliphatic rings. The fraction of sp³-hybridized carbons (Fsp3) is 0.833. The summed E-state index contributed by atoms with van der Waals surface area (Å²) in [4.78, 5) is 37.1. The quantitative estimate of drug-likeness (QED) is 0.334. The largest absolute Gasteiger partial charge is 0.346 e. The molecule has 8 heteroatoms. The van der Waals surface area contributed by atoms with Crippen LogP contribution in [0.5, 0.6) is 0 Å². The van der Waals surface area contributed by atoms with Gasteiger partial charge in [0.2, 0.25) is 5.91 Å². The molecule has 0 spiro atoms.